The molecule has 0 atom stereocenters. The highest BCUT2D eigenvalue weighted by atomic mass is 16.5. The lowest BCUT2D eigenvalue weighted by atomic mass is 10.2. The molecule has 4 heterocycles. The summed E-state index contributed by atoms with van der Waals surface area (Å²) in [5, 5.41) is 15.3. The standard InChI is InChI=1S/C17H21N7O2/c1-3-13-14-15(20-21-16(14)23(2)22-13)19-17(25)11-8-12(10-18-9-11)24-4-6-26-7-5-24/h8-10H,3-7H2,1-2H3,(H2,19,20,21,25). The van der Waals surface area contributed by atoms with Gasteiger partial charge < -0.3 is 15.0 Å². The second-order valence-electron chi connectivity index (χ2n) is 6.21. The summed E-state index contributed by atoms with van der Waals surface area (Å²) >= 11 is 0. The molecule has 9 heteroatoms. The van der Waals surface area contributed by atoms with Crippen LogP contribution in [0.5, 0.6) is 0 Å². The molecule has 0 bridgehead atoms. The van der Waals surface area contributed by atoms with E-state index in [4.69, 9.17) is 4.74 Å². The number of nitrogens with one attached hydrogen (secondary N) is 2. The monoisotopic (exact) mass is 355 g/mol. The lowest BCUT2D eigenvalue weighted by Gasteiger charge is -2.28. The van der Waals surface area contributed by atoms with Crippen LogP contribution in [-0.4, -0.2) is 57.2 Å². The molecule has 0 spiro atoms. The van der Waals surface area contributed by atoms with E-state index in [2.05, 4.69) is 30.5 Å². The van der Waals surface area contributed by atoms with Crippen LogP contribution < -0.4 is 10.2 Å². The second-order valence-corrected chi connectivity index (χ2v) is 6.21. The lowest BCUT2D eigenvalue weighted by molar-refractivity contribution is 0.102. The SMILES string of the molecule is CCc1nn(C)c2n[nH]c(NC(=O)c3cncc(N4CCOCC4)c3)c12. The minimum atomic E-state index is -0.232. The molecule has 1 aliphatic rings. The molecule has 1 aliphatic heterocycles. The average Bonchev–Trinajstić information content (AvgIpc) is 3.24. The Balaban J connectivity index is 1.59. The molecule has 26 heavy (non-hydrogen) atoms. The normalized spacial score (nSPS) is 14.8. The number of aryl methyl sites for hydroxylation is 2. The van der Waals surface area contributed by atoms with Gasteiger partial charge in [0.1, 0.15) is 5.82 Å². The van der Waals surface area contributed by atoms with Crippen molar-refractivity contribution in [3.8, 4) is 0 Å². The molecule has 4 rings (SSSR count). The molecule has 0 aromatic carbocycles. The number of H-pyrrole nitrogens is 1. The van der Waals surface area contributed by atoms with Crippen molar-refractivity contribution in [3.05, 3.63) is 29.7 Å². The number of rotatable bonds is 4. The van der Waals surface area contributed by atoms with Crippen LogP contribution in [0.25, 0.3) is 11.0 Å². The van der Waals surface area contributed by atoms with Crippen LogP contribution in [0, 0.1) is 0 Å². The summed E-state index contributed by atoms with van der Waals surface area (Å²) < 4.78 is 7.08. The predicted molar refractivity (Wildman–Crippen MR) is 97.5 cm³/mol. The van der Waals surface area contributed by atoms with E-state index in [-0.39, 0.29) is 5.91 Å². The van der Waals surface area contributed by atoms with Crippen molar-refractivity contribution in [1.29, 1.82) is 0 Å². The van der Waals surface area contributed by atoms with E-state index in [1.807, 2.05) is 20.0 Å². The van der Waals surface area contributed by atoms with Crippen LogP contribution in [0.4, 0.5) is 11.5 Å². The van der Waals surface area contributed by atoms with Crippen molar-refractivity contribution in [2.45, 2.75) is 13.3 Å². The fourth-order valence-electron chi connectivity index (χ4n) is 3.19. The fourth-order valence-corrected chi connectivity index (χ4v) is 3.19. The Bertz CT molecular complexity index is 940. The summed E-state index contributed by atoms with van der Waals surface area (Å²) in [4.78, 5) is 19.1. The Labute approximate surface area is 150 Å². The minimum Gasteiger partial charge on any atom is -0.378 e. The van der Waals surface area contributed by atoms with Gasteiger partial charge in [0.15, 0.2) is 5.65 Å². The quantitative estimate of drug-likeness (QED) is 0.732. The van der Waals surface area contributed by atoms with Gasteiger partial charge in [-0.3, -0.25) is 14.9 Å². The minimum absolute atomic E-state index is 0.232. The van der Waals surface area contributed by atoms with Crippen molar-refractivity contribution in [1.82, 2.24) is 25.0 Å². The smallest absolute Gasteiger partial charge is 0.258 e. The van der Waals surface area contributed by atoms with E-state index >= 15 is 0 Å². The molecule has 0 radical (unpaired) electrons. The third-order valence-electron chi connectivity index (χ3n) is 4.55. The molecule has 1 amide bonds. The maximum Gasteiger partial charge on any atom is 0.258 e. The van der Waals surface area contributed by atoms with Crippen LogP contribution in [0.2, 0.25) is 0 Å². The summed E-state index contributed by atoms with van der Waals surface area (Å²) in [5.74, 6) is 0.329. The van der Waals surface area contributed by atoms with Gasteiger partial charge in [-0.2, -0.15) is 10.2 Å². The van der Waals surface area contributed by atoms with Gasteiger partial charge in [-0.25, -0.2) is 4.68 Å². The number of pyridine rings is 1. The van der Waals surface area contributed by atoms with E-state index in [9.17, 15) is 4.79 Å². The number of hydrogen-bond donors (Lipinski definition) is 2. The van der Waals surface area contributed by atoms with Gasteiger partial charge in [0.25, 0.3) is 5.91 Å². The van der Waals surface area contributed by atoms with Crippen LogP contribution >= 0.6 is 0 Å². The summed E-state index contributed by atoms with van der Waals surface area (Å²) in [6.07, 6.45) is 4.09. The van der Waals surface area contributed by atoms with E-state index in [1.165, 1.54) is 0 Å². The molecule has 0 unspecified atom stereocenters. The van der Waals surface area contributed by atoms with Crippen LogP contribution in [0.3, 0.4) is 0 Å². The van der Waals surface area contributed by atoms with Crippen LogP contribution in [0.1, 0.15) is 23.0 Å². The van der Waals surface area contributed by atoms with E-state index in [0.29, 0.717) is 24.6 Å². The topological polar surface area (TPSA) is 101 Å². The van der Waals surface area contributed by atoms with Gasteiger partial charge in [0, 0.05) is 26.3 Å². The molecule has 0 aliphatic carbocycles. The number of nitrogens with zero attached hydrogens (tertiary/aromatic N) is 5. The predicted octanol–water partition coefficient (Wildman–Crippen LogP) is 1.34. The molecule has 3 aromatic rings. The Hall–Kier alpha value is -2.94. The van der Waals surface area contributed by atoms with Crippen molar-refractivity contribution < 1.29 is 9.53 Å². The highest BCUT2D eigenvalue weighted by Gasteiger charge is 2.19. The Morgan fingerprint density at radius 1 is 1.35 bits per heavy atom. The molecule has 2 N–H and O–H groups in total. The first-order valence-electron chi connectivity index (χ1n) is 8.66. The average molecular weight is 355 g/mol. The number of amides is 1. The van der Waals surface area contributed by atoms with Gasteiger partial charge >= 0.3 is 0 Å². The van der Waals surface area contributed by atoms with E-state index in [0.717, 1.165) is 41.9 Å². The number of morpholine rings is 1. The first kappa shape index (κ1) is 16.5. The lowest BCUT2D eigenvalue weighted by Crippen LogP contribution is -2.36. The van der Waals surface area contributed by atoms with Gasteiger partial charge in [0.05, 0.1) is 41.7 Å². The number of fused-ring (bicyclic) bond motifs is 1. The van der Waals surface area contributed by atoms with E-state index < -0.39 is 0 Å². The summed E-state index contributed by atoms with van der Waals surface area (Å²) in [5.41, 5.74) is 3.04. The summed E-state index contributed by atoms with van der Waals surface area (Å²) in [6, 6.07) is 1.85. The maximum absolute atomic E-state index is 12.7. The number of anilines is 2. The van der Waals surface area contributed by atoms with Crippen LogP contribution in [0.15, 0.2) is 18.5 Å². The first-order chi connectivity index (χ1) is 12.7. The zero-order chi connectivity index (χ0) is 18.1. The number of ether oxygens (including phenoxy) is 1. The van der Waals surface area contributed by atoms with Gasteiger partial charge in [0.2, 0.25) is 0 Å². The Morgan fingerprint density at radius 2 is 2.15 bits per heavy atom. The van der Waals surface area contributed by atoms with E-state index in [1.54, 1.807) is 17.1 Å². The number of hydrogen-bond acceptors (Lipinski definition) is 6. The van der Waals surface area contributed by atoms with Crippen molar-refractivity contribution in [2.24, 2.45) is 7.05 Å². The highest BCUT2D eigenvalue weighted by molar-refractivity contribution is 6.08. The number of aromatic nitrogens is 5. The summed E-state index contributed by atoms with van der Waals surface area (Å²) in [7, 11) is 1.84. The molecule has 9 nitrogen and oxygen atoms in total. The highest BCUT2D eigenvalue weighted by Crippen LogP contribution is 2.25. The number of carbonyl (C=O) groups is 1. The zero-order valence-corrected chi connectivity index (χ0v) is 14.8. The number of aromatic amines is 1. The van der Waals surface area contributed by atoms with Crippen molar-refractivity contribution in [2.75, 3.05) is 36.5 Å². The Morgan fingerprint density at radius 3 is 2.92 bits per heavy atom. The maximum atomic E-state index is 12.7. The van der Waals surface area contributed by atoms with Gasteiger partial charge in [-0.05, 0) is 12.5 Å². The molecule has 1 fully saturated rings. The fraction of sp³-hybridized carbons (Fsp3) is 0.412. The summed E-state index contributed by atoms with van der Waals surface area (Å²) in [6.45, 7) is 4.98. The van der Waals surface area contributed by atoms with Gasteiger partial charge in [-0.15, -0.1) is 0 Å². The molecule has 1 saturated heterocycles. The molecular weight excluding hydrogens is 334 g/mol. The first-order valence-corrected chi connectivity index (χ1v) is 8.66. The molecule has 3 aromatic heterocycles. The van der Waals surface area contributed by atoms with Gasteiger partial charge in [-0.1, -0.05) is 6.92 Å². The third-order valence-corrected chi connectivity index (χ3v) is 4.55. The van der Waals surface area contributed by atoms with Crippen molar-refractivity contribution >= 4 is 28.4 Å². The van der Waals surface area contributed by atoms with Crippen LogP contribution in [-0.2, 0) is 18.2 Å². The molecular formula is C17H21N7O2. The second kappa shape index (κ2) is 6.75. The molecule has 136 valence electrons. The third kappa shape index (κ3) is 2.90. The Kier molecular flexibility index (Phi) is 4.29. The number of carbonyl (C=O) groups excluding carboxylic acids is 1. The largest absolute Gasteiger partial charge is 0.378 e. The molecule has 0 saturated carbocycles. The zero-order valence-electron chi connectivity index (χ0n) is 14.8. The van der Waals surface area contributed by atoms with Crippen molar-refractivity contribution in [3.63, 3.8) is 0 Å².